The van der Waals surface area contributed by atoms with Crippen LogP contribution in [0.2, 0.25) is 0 Å². The van der Waals surface area contributed by atoms with Crippen molar-refractivity contribution in [3.8, 4) is 0 Å². The minimum atomic E-state index is -1.76. The zero-order valence-corrected chi connectivity index (χ0v) is 27.8. The number of aliphatic hydroxyl groups is 7. The fourth-order valence-corrected chi connectivity index (χ4v) is 12.0. The first-order chi connectivity index (χ1) is 20.8. The van der Waals surface area contributed by atoms with E-state index in [0.29, 0.717) is 12.8 Å². The fraction of sp³-hybridized carbons (Fsp3) is 0.914. The van der Waals surface area contributed by atoms with Gasteiger partial charge in [0.2, 0.25) is 6.29 Å². The molecule has 0 radical (unpaired) electrons. The van der Waals surface area contributed by atoms with Gasteiger partial charge < -0.3 is 45.2 Å². The van der Waals surface area contributed by atoms with Crippen LogP contribution in [0.5, 0.6) is 0 Å². The van der Waals surface area contributed by atoms with Crippen molar-refractivity contribution in [2.45, 2.75) is 136 Å². The van der Waals surface area contributed by atoms with Gasteiger partial charge >= 0.3 is 5.97 Å². The van der Waals surface area contributed by atoms with E-state index in [0.717, 1.165) is 32.1 Å². The van der Waals surface area contributed by atoms with Crippen molar-refractivity contribution in [1.29, 1.82) is 0 Å². The highest BCUT2D eigenvalue weighted by Crippen LogP contribution is 2.75. The second kappa shape index (κ2) is 10.7. The minimum absolute atomic E-state index is 0.0341. The van der Waals surface area contributed by atoms with Crippen molar-refractivity contribution < 1.29 is 50.0 Å². The maximum Gasteiger partial charge on any atom is 0.317 e. The number of fused-ring (bicyclic) bond motifs is 7. The molecule has 256 valence electrons. The first-order valence-corrected chi connectivity index (χ1v) is 17.0. The van der Waals surface area contributed by atoms with E-state index in [1.165, 1.54) is 12.5 Å². The summed E-state index contributed by atoms with van der Waals surface area (Å²) in [5.41, 5.74) is -1.76. The minimum Gasteiger partial charge on any atom is -0.432 e. The normalized spacial score (nSPS) is 55.7. The SMILES string of the molecule is CC1(C)CCC2(CO)CCC3(C)C(=CCC4C5(C)CC(O)C(O)C(C)(C(=O)OC6OCC(O)C(O)C6O)C5C(O)CC43C)C2C1. The van der Waals surface area contributed by atoms with Crippen LogP contribution in [0.1, 0.15) is 92.9 Å². The molecule has 15 atom stereocenters. The highest BCUT2D eigenvalue weighted by Gasteiger charge is 2.73. The predicted octanol–water partition coefficient (Wildman–Crippen LogP) is 2.05. The summed E-state index contributed by atoms with van der Waals surface area (Å²) in [5.74, 6) is -1.50. The summed E-state index contributed by atoms with van der Waals surface area (Å²) in [7, 11) is 0. The first-order valence-electron chi connectivity index (χ1n) is 17.0. The average molecular weight is 637 g/mol. The fourth-order valence-electron chi connectivity index (χ4n) is 12.0. The van der Waals surface area contributed by atoms with Crippen molar-refractivity contribution in [3.05, 3.63) is 11.6 Å². The quantitative estimate of drug-likeness (QED) is 0.179. The van der Waals surface area contributed by atoms with Gasteiger partial charge in [0, 0.05) is 17.9 Å². The van der Waals surface area contributed by atoms with Gasteiger partial charge in [0.05, 0.1) is 30.3 Å². The molecule has 6 rings (SSSR count). The Bertz CT molecular complexity index is 1220. The Morgan fingerprint density at radius 3 is 2.20 bits per heavy atom. The van der Waals surface area contributed by atoms with Crippen molar-refractivity contribution in [1.82, 2.24) is 0 Å². The summed E-state index contributed by atoms with van der Waals surface area (Å²) in [6.07, 6.45) is -1.49. The average Bonchev–Trinajstić information content (AvgIpc) is 2.96. The number of carbonyl (C=O) groups is 1. The number of allylic oxidation sites excluding steroid dienone is 2. The van der Waals surface area contributed by atoms with Gasteiger partial charge in [0.25, 0.3) is 0 Å². The molecule has 6 aliphatic rings. The van der Waals surface area contributed by atoms with Gasteiger partial charge in [-0.05, 0) is 91.8 Å². The summed E-state index contributed by atoms with van der Waals surface area (Å²) in [6, 6.07) is 0. The highest BCUT2D eigenvalue weighted by molar-refractivity contribution is 5.78. The van der Waals surface area contributed by atoms with Crippen LogP contribution in [0.25, 0.3) is 0 Å². The van der Waals surface area contributed by atoms with E-state index in [1.807, 2.05) is 6.92 Å². The Hall–Kier alpha value is -1.11. The van der Waals surface area contributed by atoms with Crippen LogP contribution in [0.15, 0.2) is 11.6 Å². The third-order valence-corrected chi connectivity index (χ3v) is 14.8. The van der Waals surface area contributed by atoms with Crippen LogP contribution in [0.3, 0.4) is 0 Å². The van der Waals surface area contributed by atoms with Gasteiger partial charge in [0.15, 0.2) is 0 Å². The third-order valence-electron chi connectivity index (χ3n) is 14.8. The first kappa shape index (κ1) is 33.8. The molecule has 7 N–H and O–H groups in total. The molecule has 1 saturated heterocycles. The van der Waals surface area contributed by atoms with Crippen LogP contribution < -0.4 is 0 Å². The lowest BCUT2D eigenvalue weighted by molar-refractivity contribution is -0.291. The Morgan fingerprint density at radius 1 is 0.867 bits per heavy atom. The van der Waals surface area contributed by atoms with Crippen LogP contribution in [0.4, 0.5) is 0 Å². The van der Waals surface area contributed by atoms with Crippen molar-refractivity contribution >= 4 is 5.97 Å². The van der Waals surface area contributed by atoms with E-state index in [9.17, 15) is 40.5 Å². The van der Waals surface area contributed by atoms with E-state index in [4.69, 9.17) is 9.47 Å². The van der Waals surface area contributed by atoms with Crippen molar-refractivity contribution in [2.75, 3.05) is 13.2 Å². The third kappa shape index (κ3) is 4.52. The van der Waals surface area contributed by atoms with E-state index in [2.05, 4.69) is 33.8 Å². The number of hydrogen-bond donors (Lipinski definition) is 7. The zero-order chi connectivity index (χ0) is 33.1. The molecule has 10 heteroatoms. The number of rotatable bonds is 3. The Balaban J connectivity index is 1.38. The maximum absolute atomic E-state index is 14.1. The number of carbonyl (C=O) groups excluding carboxylic acids is 1. The Labute approximate surface area is 266 Å². The summed E-state index contributed by atoms with van der Waals surface area (Å²) in [4.78, 5) is 14.1. The van der Waals surface area contributed by atoms with E-state index < -0.39 is 65.6 Å². The van der Waals surface area contributed by atoms with Crippen molar-refractivity contribution in [3.63, 3.8) is 0 Å². The monoisotopic (exact) mass is 636 g/mol. The van der Waals surface area contributed by atoms with E-state index in [-0.39, 0.29) is 53.1 Å². The van der Waals surface area contributed by atoms with E-state index in [1.54, 1.807) is 0 Å². The Kier molecular flexibility index (Phi) is 8.03. The second-order valence-corrected chi connectivity index (χ2v) is 17.5. The zero-order valence-electron chi connectivity index (χ0n) is 27.8. The molecule has 4 saturated carbocycles. The molecule has 45 heavy (non-hydrogen) atoms. The predicted molar refractivity (Wildman–Crippen MR) is 163 cm³/mol. The number of esters is 1. The molecule has 15 unspecified atom stereocenters. The lowest BCUT2D eigenvalue weighted by atomic mass is 9.33. The van der Waals surface area contributed by atoms with Gasteiger partial charge in [-0.25, -0.2) is 0 Å². The standard InChI is InChI=1S/C35H56O10/c1-30(2)9-11-35(17-36)12-10-32(4)18(19(35)13-30)7-8-23-31(3)14-21(38)27(42)34(6,26(31)20(37)15-33(23,32)5)29(43)45-28-25(41)24(40)22(39)16-44-28/h7,19-28,36-42H,8-17H2,1-6H3. The van der Waals surface area contributed by atoms with Crippen LogP contribution in [0, 0.1) is 50.2 Å². The molecule has 10 nitrogen and oxygen atoms in total. The van der Waals surface area contributed by atoms with Gasteiger partial charge in [-0.15, -0.1) is 0 Å². The topological polar surface area (TPSA) is 177 Å². The van der Waals surface area contributed by atoms with Crippen LogP contribution in [-0.2, 0) is 14.3 Å². The molecule has 1 aliphatic heterocycles. The number of hydrogen-bond acceptors (Lipinski definition) is 10. The summed E-state index contributed by atoms with van der Waals surface area (Å²) >= 11 is 0. The molecule has 1 heterocycles. The van der Waals surface area contributed by atoms with Crippen LogP contribution >= 0.6 is 0 Å². The number of aliphatic hydroxyl groups excluding tert-OH is 7. The summed E-state index contributed by atoms with van der Waals surface area (Å²) in [5, 5.41) is 76.3. The smallest absolute Gasteiger partial charge is 0.317 e. The molecule has 0 spiro atoms. The summed E-state index contributed by atoms with van der Waals surface area (Å²) < 4.78 is 10.9. The molecule has 0 aromatic rings. The highest BCUT2D eigenvalue weighted by atomic mass is 16.7. The molecule has 0 bridgehead atoms. The Morgan fingerprint density at radius 2 is 1.53 bits per heavy atom. The second-order valence-electron chi connectivity index (χ2n) is 17.5. The molecular weight excluding hydrogens is 580 g/mol. The summed E-state index contributed by atoms with van der Waals surface area (Å²) in [6.45, 7) is 12.6. The van der Waals surface area contributed by atoms with Crippen molar-refractivity contribution in [2.24, 2.45) is 50.2 Å². The largest absolute Gasteiger partial charge is 0.432 e. The van der Waals surface area contributed by atoms with Crippen LogP contribution in [-0.4, -0.2) is 97.8 Å². The molecule has 5 aliphatic carbocycles. The van der Waals surface area contributed by atoms with Gasteiger partial charge in [-0.2, -0.15) is 0 Å². The molecule has 0 amide bonds. The lowest BCUT2D eigenvalue weighted by Gasteiger charge is -2.72. The van der Waals surface area contributed by atoms with Gasteiger partial charge in [0.1, 0.15) is 18.3 Å². The molecule has 5 fully saturated rings. The molecular formula is C35H56O10. The van der Waals surface area contributed by atoms with Gasteiger partial charge in [-0.3, -0.25) is 4.79 Å². The molecule has 0 aromatic heterocycles. The molecule has 0 aromatic carbocycles. The lowest BCUT2D eigenvalue weighted by Crippen LogP contribution is -2.72. The number of ether oxygens (including phenoxy) is 2. The van der Waals surface area contributed by atoms with Gasteiger partial charge in [-0.1, -0.05) is 46.3 Å². The maximum atomic E-state index is 14.1. The van der Waals surface area contributed by atoms with E-state index >= 15 is 0 Å².